The Balaban J connectivity index is 2.36. The lowest BCUT2D eigenvalue weighted by atomic mass is 9.97. The third kappa shape index (κ3) is 3.38. The number of sulfonamides is 1. The molecular weight excluding hydrogens is 323 g/mol. The summed E-state index contributed by atoms with van der Waals surface area (Å²) in [5, 5.41) is 0.293. The molecule has 2 rings (SSSR count). The number of hydrogen-bond acceptors (Lipinski definition) is 4. The van der Waals surface area contributed by atoms with E-state index in [1.54, 1.807) is 6.92 Å². The Labute approximate surface area is 128 Å². The highest BCUT2D eigenvalue weighted by Gasteiger charge is 2.34. The summed E-state index contributed by atoms with van der Waals surface area (Å²) in [5.74, 6) is 0. The maximum Gasteiger partial charge on any atom is 0.244 e. The van der Waals surface area contributed by atoms with Crippen LogP contribution in [-0.2, 0) is 14.8 Å². The molecule has 0 saturated carbocycles. The Hall–Kier alpha value is -0.530. The summed E-state index contributed by atoms with van der Waals surface area (Å²) < 4.78 is 32.9. The van der Waals surface area contributed by atoms with Crippen molar-refractivity contribution in [2.75, 3.05) is 18.9 Å². The van der Waals surface area contributed by atoms with Crippen LogP contribution in [0, 0.1) is 0 Å². The van der Waals surface area contributed by atoms with E-state index >= 15 is 0 Å². The zero-order valence-electron chi connectivity index (χ0n) is 10.9. The Morgan fingerprint density at radius 3 is 2.65 bits per heavy atom. The van der Waals surface area contributed by atoms with Gasteiger partial charge in [-0.25, -0.2) is 13.1 Å². The SMILES string of the molecule is CC1(NS(=O)(=O)c2c(N)cc(Cl)cc2Cl)CCCOC1. The van der Waals surface area contributed by atoms with Crippen LogP contribution < -0.4 is 10.5 Å². The molecule has 0 aliphatic carbocycles. The van der Waals surface area contributed by atoms with Gasteiger partial charge in [0.1, 0.15) is 4.90 Å². The molecule has 1 aromatic carbocycles. The standard InChI is InChI=1S/C12H16Cl2N2O3S/c1-12(3-2-4-19-7-12)16-20(17,18)11-9(14)5-8(13)6-10(11)15/h5-6,16H,2-4,7,15H2,1H3. The molecule has 0 amide bonds. The third-order valence-corrected chi connectivity index (χ3v) is 5.51. The molecule has 5 nitrogen and oxygen atoms in total. The number of nitrogen functional groups attached to an aromatic ring is 1. The zero-order valence-corrected chi connectivity index (χ0v) is 13.3. The summed E-state index contributed by atoms with van der Waals surface area (Å²) >= 11 is 11.8. The molecule has 0 bridgehead atoms. The monoisotopic (exact) mass is 338 g/mol. The number of nitrogens with two attached hydrogens (primary N) is 1. The number of anilines is 1. The van der Waals surface area contributed by atoms with Crippen molar-refractivity contribution in [2.45, 2.75) is 30.2 Å². The average molecular weight is 339 g/mol. The van der Waals surface area contributed by atoms with Crippen molar-refractivity contribution in [3.05, 3.63) is 22.2 Å². The molecule has 112 valence electrons. The normalized spacial score (nSPS) is 23.8. The molecule has 1 aromatic rings. The Bertz CT molecular complexity index is 590. The summed E-state index contributed by atoms with van der Waals surface area (Å²) in [6.07, 6.45) is 1.49. The molecule has 1 unspecified atom stereocenters. The lowest BCUT2D eigenvalue weighted by Crippen LogP contribution is -2.51. The van der Waals surface area contributed by atoms with Crippen molar-refractivity contribution >= 4 is 38.9 Å². The topological polar surface area (TPSA) is 81.4 Å². The quantitative estimate of drug-likeness (QED) is 0.829. The Kier molecular flexibility index (Phi) is 4.51. The Morgan fingerprint density at radius 2 is 2.10 bits per heavy atom. The van der Waals surface area contributed by atoms with Crippen LogP contribution in [0.4, 0.5) is 5.69 Å². The summed E-state index contributed by atoms with van der Waals surface area (Å²) in [4.78, 5) is -0.143. The van der Waals surface area contributed by atoms with Gasteiger partial charge >= 0.3 is 0 Å². The van der Waals surface area contributed by atoms with Gasteiger partial charge in [0.05, 0.1) is 22.9 Å². The van der Waals surface area contributed by atoms with Crippen LogP contribution in [0.3, 0.4) is 0 Å². The Morgan fingerprint density at radius 1 is 1.40 bits per heavy atom. The van der Waals surface area contributed by atoms with Gasteiger partial charge in [-0.3, -0.25) is 0 Å². The van der Waals surface area contributed by atoms with E-state index in [0.29, 0.717) is 24.7 Å². The van der Waals surface area contributed by atoms with Gasteiger partial charge in [0, 0.05) is 11.6 Å². The second-order valence-electron chi connectivity index (χ2n) is 5.13. The molecule has 1 atom stereocenters. The molecule has 0 aromatic heterocycles. The minimum absolute atomic E-state index is 0.00262. The molecular formula is C12H16Cl2N2O3S. The van der Waals surface area contributed by atoms with E-state index in [0.717, 1.165) is 6.42 Å². The largest absolute Gasteiger partial charge is 0.398 e. The van der Waals surface area contributed by atoms with Gasteiger partial charge in [-0.1, -0.05) is 23.2 Å². The number of nitrogens with one attached hydrogen (secondary N) is 1. The van der Waals surface area contributed by atoms with Gasteiger partial charge in [-0.05, 0) is 31.9 Å². The van der Waals surface area contributed by atoms with Crippen LogP contribution in [-0.4, -0.2) is 27.2 Å². The maximum absolute atomic E-state index is 12.5. The van der Waals surface area contributed by atoms with E-state index in [2.05, 4.69) is 4.72 Å². The van der Waals surface area contributed by atoms with Crippen molar-refractivity contribution in [2.24, 2.45) is 0 Å². The van der Waals surface area contributed by atoms with Gasteiger partial charge < -0.3 is 10.5 Å². The van der Waals surface area contributed by atoms with E-state index < -0.39 is 15.6 Å². The third-order valence-electron chi connectivity index (χ3n) is 3.12. The van der Waals surface area contributed by atoms with Crippen molar-refractivity contribution in [3.63, 3.8) is 0 Å². The molecule has 1 aliphatic heterocycles. The van der Waals surface area contributed by atoms with Gasteiger partial charge in [0.2, 0.25) is 10.0 Å². The smallest absolute Gasteiger partial charge is 0.244 e. The molecule has 20 heavy (non-hydrogen) atoms. The second kappa shape index (κ2) is 5.69. The van der Waals surface area contributed by atoms with Crippen LogP contribution in [0.5, 0.6) is 0 Å². The van der Waals surface area contributed by atoms with Crippen LogP contribution in [0.15, 0.2) is 17.0 Å². The molecule has 1 saturated heterocycles. The van der Waals surface area contributed by atoms with Gasteiger partial charge in [0.25, 0.3) is 0 Å². The summed E-state index contributed by atoms with van der Waals surface area (Å²) in [6.45, 7) is 2.75. The minimum atomic E-state index is -3.84. The number of hydrogen-bond donors (Lipinski definition) is 2. The summed E-state index contributed by atoms with van der Waals surface area (Å²) in [6, 6.07) is 2.72. The van der Waals surface area contributed by atoms with Crippen molar-refractivity contribution in [1.29, 1.82) is 0 Å². The minimum Gasteiger partial charge on any atom is -0.398 e. The molecule has 0 spiro atoms. The van der Waals surface area contributed by atoms with E-state index in [1.807, 2.05) is 0 Å². The fraction of sp³-hybridized carbons (Fsp3) is 0.500. The first-order valence-electron chi connectivity index (χ1n) is 6.10. The lowest BCUT2D eigenvalue weighted by Gasteiger charge is -2.34. The highest BCUT2D eigenvalue weighted by Crippen LogP contribution is 2.32. The first-order valence-corrected chi connectivity index (χ1v) is 8.34. The predicted molar refractivity (Wildman–Crippen MR) is 79.7 cm³/mol. The predicted octanol–water partition coefficient (Wildman–Crippen LogP) is 2.42. The first kappa shape index (κ1) is 15.9. The first-order chi connectivity index (χ1) is 9.23. The molecule has 1 fully saturated rings. The highest BCUT2D eigenvalue weighted by molar-refractivity contribution is 7.89. The van der Waals surface area contributed by atoms with Gasteiger partial charge in [0.15, 0.2) is 0 Å². The average Bonchev–Trinajstić information content (AvgIpc) is 2.25. The lowest BCUT2D eigenvalue weighted by molar-refractivity contribution is 0.0386. The van der Waals surface area contributed by atoms with Crippen LogP contribution in [0.2, 0.25) is 10.0 Å². The number of rotatable bonds is 3. The van der Waals surface area contributed by atoms with Crippen LogP contribution >= 0.6 is 23.2 Å². The van der Waals surface area contributed by atoms with E-state index in [9.17, 15) is 8.42 Å². The molecule has 1 heterocycles. The number of benzene rings is 1. The van der Waals surface area contributed by atoms with Crippen molar-refractivity contribution in [1.82, 2.24) is 4.72 Å². The molecule has 1 aliphatic rings. The fourth-order valence-corrected chi connectivity index (χ4v) is 4.66. The molecule has 0 radical (unpaired) electrons. The maximum atomic E-state index is 12.5. The van der Waals surface area contributed by atoms with Crippen LogP contribution in [0.1, 0.15) is 19.8 Å². The van der Waals surface area contributed by atoms with Crippen LogP contribution in [0.25, 0.3) is 0 Å². The highest BCUT2D eigenvalue weighted by atomic mass is 35.5. The number of ether oxygens (including phenoxy) is 1. The molecule has 3 N–H and O–H groups in total. The summed E-state index contributed by atoms with van der Waals surface area (Å²) in [7, 11) is -3.84. The summed E-state index contributed by atoms with van der Waals surface area (Å²) in [5.41, 5.74) is 5.10. The van der Waals surface area contributed by atoms with E-state index in [-0.39, 0.29) is 15.6 Å². The fourth-order valence-electron chi connectivity index (χ4n) is 2.25. The number of halogens is 2. The van der Waals surface area contributed by atoms with E-state index in [4.69, 9.17) is 33.7 Å². The van der Waals surface area contributed by atoms with Crippen molar-refractivity contribution in [3.8, 4) is 0 Å². The van der Waals surface area contributed by atoms with Crippen molar-refractivity contribution < 1.29 is 13.2 Å². The van der Waals surface area contributed by atoms with E-state index in [1.165, 1.54) is 12.1 Å². The second-order valence-corrected chi connectivity index (χ2v) is 7.59. The van der Waals surface area contributed by atoms with Gasteiger partial charge in [-0.2, -0.15) is 0 Å². The molecule has 8 heteroatoms. The van der Waals surface area contributed by atoms with Gasteiger partial charge in [-0.15, -0.1) is 0 Å². The zero-order chi connectivity index (χ0) is 15.0.